The normalized spacial score (nSPS) is 18.9. The molecule has 0 bridgehead atoms. The van der Waals surface area contributed by atoms with Crippen molar-refractivity contribution in [1.29, 1.82) is 0 Å². The van der Waals surface area contributed by atoms with E-state index in [4.69, 9.17) is 10.5 Å². The SMILES string of the molecule is N[C@H]([C@H](C(=O)OCc1ccccc1)C1CCCC1)C(F)(F)F. The molecular weight excluding hydrogens is 295 g/mol. The van der Waals surface area contributed by atoms with Crippen LogP contribution in [-0.4, -0.2) is 18.2 Å². The number of benzene rings is 1. The Morgan fingerprint density at radius 2 is 1.82 bits per heavy atom. The molecule has 0 spiro atoms. The van der Waals surface area contributed by atoms with E-state index in [1.807, 2.05) is 6.07 Å². The summed E-state index contributed by atoms with van der Waals surface area (Å²) in [6, 6.07) is 6.70. The van der Waals surface area contributed by atoms with Gasteiger partial charge >= 0.3 is 12.1 Å². The Kier molecular flexibility index (Phi) is 5.45. The molecule has 1 aliphatic carbocycles. The Hall–Kier alpha value is -1.56. The van der Waals surface area contributed by atoms with E-state index in [0.29, 0.717) is 12.8 Å². The summed E-state index contributed by atoms with van der Waals surface area (Å²) < 4.78 is 43.9. The van der Waals surface area contributed by atoms with Crippen molar-refractivity contribution in [1.82, 2.24) is 0 Å². The van der Waals surface area contributed by atoms with Crippen LogP contribution >= 0.6 is 0 Å². The Labute approximate surface area is 127 Å². The standard InChI is InChI=1S/C16H20F3NO2/c17-16(18,19)14(20)13(12-8-4-5-9-12)15(21)22-10-11-6-2-1-3-7-11/h1-3,6-7,12-14H,4-5,8-10,20H2/t13-,14-/m1/s1. The highest BCUT2D eigenvalue weighted by molar-refractivity contribution is 5.74. The van der Waals surface area contributed by atoms with E-state index in [1.54, 1.807) is 24.3 Å². The third kappa shape index (κ3) is 4.22. The predicted octanol–water partition coefficient (Wildman–Crippen LogP) is 3.43. The molecule has 0 saturated heterocycles. The highest BCUT2D eigenvalue weighted by atomic mass is 19.4. The van der Waals surface area contributed by atoms with Crippen LogP contribution in [0.2, 0.25) is 0 Å². The van der Waals surface area contributed by atoms with Gasteiger partial charge in [-0.1, -0.05) is 43.2 Å². The van der Waals surface area contributed by atoms with E-state index in [2.05, 4.69) is 0 Å². The molecule has 0 aromatic heterocycles. The predicted molar refractivity (Wildman–Crippen MR) is 75.7 cm³/mol. The number of nitrogens with two attached hydrogens (primary N) is 1. The fourth-order valence-corrected chi connectivity index (χ4v) is 2.98. The number of ether oxygens (including phenoxy) is 1. The minimum atomic E-state index is -4.60. The highest BCUT2D eigenvalue weighted by Gasteiger charge is 2.49. The summed E-state index contributed by atoms with van der Waals surface area (Å²) in [4.78, 5) is 12.2. The lowest BCUT2D eigenvalue weighted by molar-refractivity contribution is -0.181. The van der Waals surface area contributed by atoms with Gasteiger partial charge in [0.05, 0.1) is 5.92 Å². The molecule has 3 nitrogen and oxygen atoms in total. The number of carbonyl (C=O) groups is 1. The van der Waals surface area contributed by atoms with E-state index >= 15 is 0 Å². The minimum absolute atomic E-state index is 0.0343. The van der Waals surface area contributed by atoms with Crippen LogP contribution in [0.25, 0.3) is 0 Å². The largest absolute Gasteiger partial charge is 0.461 e. The zero-order chi connectivity index (χ0) is 16.2. The van der Waals surface area contributed by atoms with Crippen LogP contribution in [0.3, 0.4) is 0 Å². The molecule has 1 aromatic rings. The molecule has 22 heavy (non-hydrogen) atoms. The first-order valence-electron chi connectivity index (χ1n) is 7.42. The molecule has 1 fully saturated rings. The number of rotatable bonds is 5. The van der Waals surface area contributed by atoms with E-state index in [-0.39, 0.29) is 12.5 Å². The number of hydrogen-bond acceptors (Lipinski definition) is 3. The maximum absolute atomic E-state index is 12.9. The van der Waals surface area contributed by atoms with Crippen LogP contribution in [0.4, 0.5) is 13.2 Å². The number of halogens is 3. The first-order valence-corrected chi connectivity index (χ1v) is 7.42. The van der Waals surface area contributed by atoms with Crippen molar-refractivity contribution in [3.8, 4) is 0 Å². The molecule has 0 radical (unpaired) electrons. The molecule has 1 saturated carbocycles. The van der Waals surface area contributed by atoms with Crippen molar-refractivity contribution in [2.75, 3.05) is 0 Å². The number of alkyl halides is 3. The molecule has 2 N–H and O–H groups in total. The second-order valence-electron chi connectivity index (χ2n) is 5.73. The molecule has 2 atom stereocenters. The quantitative estimate of drug-likeness (QED) is 0.847. The van der Waals surface area contributed by atoms with Gasteiger partial charge in [0.15, 0.2) is 0 Å². The van der Waals surface area contributed by atoms with Crippen LogP contribution < -0.4 is 5.73 Å². The highest BCUT2D eigenvalue weighted by Crippen LogP contribution is 2.37. The molecule has 0 heterocycles. The van der Waals surface area contributed by atoms with E-state index in [0.717, 1.165) is 18.4 Å². The van der Waals surface area contributed by atoms with Gasteiger partial charge in [0.25, 0.3) is 0 Å². The molecule has 2 rings (SSSR count). The lowest BCUT2D eigenvalue weighted by Gasteiger charge is -2.28. The zero-order valence-corrected chi connectivity index (χ0v) is 12.2. The van der Waals surface area contributed by atoms with Crippen LogP contribution in [-0.2, 0) is 16.1 Å². The smallest absolute Gasteiger partial charge is 0.404 e. The number of esters is 1. The van der Waals surface area contributed by atoms with Gasteiger partial charge in [0, 0.05) is 0 Å². The molecular formula is C16H20F3NO2. The Morgan fingerprint density at radius 1 is 1.23 bits per heavy atom. The molecule has 122 valence electrons. The van der Waals surface area contributed by atoms with E-state index in [1.165, 1.54) is 0 Å². The van der Waals surface area contributed by atoms with Crippen LogP contribution in [0, 0.1) is 11.8 Å². The fraction of sp³-hybridized carbons (Fsp3) is 0.562. The molecule has 0 aliphatic heterocycles. The average Bonchev–Trinajstić information content (AvgIpc) is 2.99. The summed E-state index contributed by atoms with van der Waals surface area (Å²) in [5.74, 6) is -2.51. The summed E-state index contributed by atoms with van der Waals surface area (Å²) in [5.41, 5.74) is 6.06. The van der Waals surface area contributed by atoms with Crippen molar-refractivity contribution in [3.05, 3.63) is 35.9 Å². The van der Waals surface area contributed by atoms with E-state index < -0.39 is 24.1 Å². The van der Waals surface area contributed by atoms with Gasteiger partial charge < -0.3 is 10.5 Å². The monoisotopic (exact) mass is 315 g/mol. The molecule has 0 unspecified atom stereocenters. The summed E-state index contributed by atoms with van der Waals surface area (Å²) >= 11 is 0. The van der Waals surface area contributed by atoms with Gasteiger partial charge in [0.1, 0.15) is 12.6 Å². The van der Waals surface area contributed by atoms with E-state index in [9.17, 15) is 18.0 Å². The van der Waals surface area contributed by atoms with Gasteiger partial charge in [-0.2, -0.15) is 13.2 Å². The van der Waals surface area contributed by atoms with Gasteiger partial charge in [0.2, 0.25) is 0 Å². The molecule has 1 aliphatic rings. The fourth-order valence-electron chi connectivity index (χ4n) is 2.98. The molecule has 6 heteroatoms. The zero-order valence-electron chi connectivity index (χ0n) is 12.2. The Morgan fingerprint density at radius 3 is 2.36 bits per heavy atom. The van der Waals surface area contributed by atoms with Crippen LogP contribution in [0.1, 0.15) is 31.2 Å². The Bertz CT molecular complexity index is 484. The van der Waals surface area contributed by atoms with Crippen LogP contribution in [0.5, 0.6) is 0 Å². The van der Waals surface area contributed by atoms with Crippen LogP contribution in [0.15, 0.2) is 30.3 Å². The first-order chi connectivity index (χ1) is 10.4. The Balaban J connectivity index is 2.05. The van der Waals surface area contributed by atoms with Gasteiger partial charge in [-0.05, 0) is 24.3 Å². The summed E-state index contributed by atoms with van der Waals surface area (Å²) in [6.45, 7) is -0.0343. The number of hydrogen-bond donors (Lipinski definition) is 1. The lowest BCUT2D eigenvalue weighted by atomic mass is 9.84. The van der Waals surface area contributed by atoms with Crippen molar-refractivity contribution >= 4 is 5.97 Å². The second kappa shape index (κ2) is 7.13. The second-order valence-corrected chi connectivity index (χ2v) is 5.73. The average molecular weight is 315 g/mol. The van der Waals surface area contributed by atoms with Crippen molar-refractivity contribution in [2.45, 2.75) is 44.5 Å². The van der Waals surface area contributed by atoms with Gasteiger partial charge in [-0.15, -0.1) is 0 Å². The third-order valence-electron chi connectivity index (χ3n) is 4.17. The lowest BCUT2D eigenvalue weighted by Crippen LogP contribution is -2.49. The maximum atomic E-state index is 12.9. The van der Waals surface area contributed by atoms with Gasteiger partial charge in [-0.3, -0.25) is 4.79 Å². The van der Waals surface area contributed by atoms with Crippen molar-refractivity contribution < 1.29 is 22.7 Å². The third-order valence-corrected chi connectivity index (χ3v) is 4.17. The summed E-state index contributed by atoms with van der Waals surface area (Å²) in [6.07, 6.45) is -1.75. The molecule has 0 amide bonds. The minimum Gasteiger partial charge on any atom is -0.461 e. The summed E-state index contributed by atoms with van der Waals surface area (Å²) in [7, 11) is 0. The molecule has 1 aromatic carbocycles. The maximum Gasteiger partial charge on any atom is 0.404 e. The number of carbonyl (C=O) groups excluding carboxylic acids is 1. The summed E-state index contributed by atoms with van der Waals surface area (Å²) in [5, 5.41) is 0. The van der Waals surface area contributed by atoms with Gasteiger partial charge in [-0.25, -0.2) is 0 Å². The first kappa shape index (κ1) is 16.8. The van der Waals surface area contributed by atoms with Crippen molar-refractivity contribution in [3.63, 3.8) is 0 Å². The topological polar surface area (TPSA) is 52.3 Å². The van der Waals surface area contributed by atoms with Crippen molar-refractivity contribution in [2.24, 2.45) is 17.6 Å².